The number of halogens is 2. The molecule has 2 rings (SSSR count). The van der Waals surface area contributed by atoms with Gasteiger partial charge in [0.1, 0.15) is 5.75 Å². The zero-order valence-corrected chi connectivity index (χ0v) is 20.5. The van der Waals surface area contributed by atoms with Crippen LogP contribution in [0.25, 0.3) is 6.08 Å². The van der Waals surface area contributed by atoms with Crippen LogP contribution in [0.3, 0.4) is 0 Å². The lowest BCUT2D eigenvalue weighted by Crippen LogP contribution is -2.16. The topological polar surface area (TPSA) is 72.5 Å². The van der Waals surface area contributed by atoms with Gasteiger partial charge >= 0.3 is 6.09 Å². The number of carbonyl (C=O) groups excluding carboxylic acids is 3. The highest BCUT2D eigenvalue weighted by Gasteiger charge is 2.07. The van der Waals surface area contributed by atoms with Gasteiger partial charge in [-0.1, -0.05) is 69.5 Å². The maximum atomic E-state index is 11.9. The summed E-state index contributed by atoms with van der Waals surface area (Å²) in [5.74, 6) is 0.312. The van der Waals surface area contributed by atoms with E-state index in [0.717, 1.165) is 11.8 Å². The van der Waals surface area contributed by atoms with E-state index in [-0.39, 0.29) is 5.12 Å². The fourth-order valence-electron chi connectivity index (χ4n) is 1.87. The second-order valence-electron chi connectivity index (χ2n) is 5.68. The van der Waals surface area contributed by atoms with E-state index in [1.807, 2.05) is 13.8 Å². The minimum Gasteiger partial charge on any atom is -0.410 e. The lowest BCUT2D eigenvalue weighted by atomic mass is 10.2. The first-order chi connectivity index (χ1) is 14.8. The quantitative estimate of drug-likeness (QED) is 0.345. The number of amides is 1. The van der Waals surface area contributed by atoms with Crippen molar-refractivity contribution in [1.82, 2.24) is 0 Å². The van der Waals surface area contributed by atoms with Crippen LogP contribution in [0.5, 0.6) is 5.75 Å². The van der Waals surface area contributed by atoms with Gasteiger partial charge in [-0.15, -0.1) is 0 Å². The molecule has 2 aromatic rings. The Bertz CT molecular complexity index is 884. The predicted molar refractivity (Wildman–Crippen MR) is 132 cm³/mol. The third kappa shape index (κ3) is 12.2. The maximum Gasteiger partial charge on any atom is 0.417 e. The van der Waals surface area contributed by atoms with Crippen molar-refractivity contribution >= 4 is 64.2 Å². The lowest BCUT2D eigenvalue weighted by Gasteiger charge is -2.07. The molecule has 0 fully saturated rings. The van der Waals surface area contributed by atoms with Crippen LogP contribution in [0.15, 0.2) is 47.4 Å². The van der Waals surface area contributed by atoms with E-state index in [2.05, 4.69) is 19.2 Å². The summed E-state index contributed by atoms with van der Waals surface area (Å²) < 4.78 is 5.16. The molecule has 0 bridgehead atoms. The molecular weight excluding hydrogens is 457 g/mol. The molecule has 1 amide bonds. The number of thioether (sulfide) groups is 1. The highest BCUT2D eigenvalue weighted by atomic mass is 35.5. The minimum atomic E-state index is -0.688. The van der Waals surface area contributed by atoms with Gasteiger partial charge in [0.15, 0.2) is 11.4 Å². The van der Waals surface area contributed by atoms with Gasteiger partial charge in [-0.25, -0.2) is 4.79 Å². The second-order valence-corrected chi connectivity index (χ2v) is 7.74. The molecule has 168 valence electrons. The molecule has 0 aliphatic carbocycles. The molecule has 0 aliphatic heterocycles. The molecule has 0 heterocycles. The zero-order chi connectivity index (χ0) is 23.8. The maximum absolute atomic E-state index is 11.9. The SMILES string of the molecule is CC.CC(=O)S/C(C=O)=C\c1ccc(OC(=O)Nc2ccc(Cl)c(Cl)c2)cc1.CCC. The number of nitrogens with one attached hydrogen (secondary N) is 1. The molecule has 0 unspecified atom stereocenters. The largest absolute Gasteiger partial charge is 0.417 e. The van der Waals surface area contributed by atoms with Gasteiger partial charge in [0.2, 0.25) is 0 Å². The van der Waals surface area contributed by atoms with Crippen molar-refractivity contribution in [3.8, 4) is 5.75 Å². The van der Waals surface area contributed by atoms with E-state index in [9.17, 15) is 14.4 Å². The Morgan fingerprint density at radius 1 is 1.03 bits per heavy atom. The summed E-state index contributed by atoms with van der Waals surface area (Å²) >= 11 is 12.5. The van der Waals surface area contributed by atoms with Crippen LogP contribution in [0.2, 0.25) is 10.0 Å². The van der Waals surface area contributed by atoms with Crippen LogP contribution < -0.4 is 10.1 Å². The molecule has 0 spiro atoms. The molecular formula is C23H27Cl2NO4S. The van der Waals surface area contributed by atoms with Gasteiger partial charge in [0.05, 0.1) is 15.0 Å². The van der Waals surface area contributed by atoms with Gasteiger partial charge in [0.25, 0.3) is 0 Å². The summed E-state index contributed by atoms with van der Waals surface area (Å²) in [5.41, 5.74) is 1.14. The van der Waals surface area contributed by atoms with Crippen molar-refractivity contribution in [3.63, 3.8) is 0 Å². The average molecular weight is 484 g/mol. The molecule has 1 N–H and O–H groups in total. The van der Waals surface area contributed by atoms with Crippen LogP contribution >= 0.6 is 35.0 Å². The number of aldehydes is 1. The second kappa shape index (κ2) is 16.4. The normalized spacial score (nSPS) is 9.97. The monoisotopic (exact) mass is 483 g/mol. The summed E-state index contributed by atoms with van der Waals surface area (Å²) in [7, 11) is 0. The van der Waals surface area contributed by atoms with Crippen LogP contribution in [-0.2, 0) is 9.59 Å². The number of hydrogen-bond donors (Lipinski definition) is 1. The molecule has 5 nitrogen and oxygen atoms in total. The fourth-order valence-corrected chi connectivity index (χ4v) is 2.75. The summed E-state index contributed by atoms with van der Waals surface area (Å²) in [6.07, 6.45) is 2.74. The van der Waals surface area contributed by atoms with E-state index in [1.54, 1.807) is 42.5 Å². The molecule has 0 aromatic heterocycles. The van der Waals surface area contributed by atoms with Crippen molar-refractivity contribution < 1.29 is 19.1 Å². The summed E-state index contributed by atoms with van der Waals surface area (Å²) in [4.78, 5) is 34.2. The molecule has 0 saturated heterocycles. The van der Waals surface area contributed by atoms with E-state index >= 15 is 0 Å². The van der Waals surface area contributed by atoms with Crippen molar-refractivity contribution in [2.75, 3.05) is 5.32 Å². The first-order valence-corrected chi connectivity index (χ1v) is 11.3. The minimum absolute atomic E-state index is 0.178. The number of allylic oxidation sites excluding steroid dienone is 1. The summed E-state index contributed by atoms with van der Waals surface area (Å²) in [6, 6.07) is 11.1. The summed E-state index contributed by atoms with van der Waals surface area (Å²) in [6.45, 7) is 9.63. The van der Waals surface area contributed by atoms with Gasteiger partial charge in [-0.2, -0.15) is 0 Å². The average Bonchev–Trinajstić information content (AvgIpc) is 2.73. The number of anilines is 1. The molecule has 0 atom stereocenters. The Labute approximate surface area is 198 Å². The van der Waals surface area contributed by atoms with Crippen LogP contribution in [0.4, 0.5) is 10.5 Å². The summed E-state index contributed by atoms with van der Waals surface area (Å²) in [5, 5.41) is 3.05. The molecule has 0 aliphatic rings. The first kappa shape index (κ1) is 28.7. The van der Waals surface area contributed by atoms with Crippen molar-refractivity contribution in [2.24, 2.45) is 0 Å². The third-order valence-corrected chi connectivity index (χ3v) is 4.42. The molecule has 0 saturated carbocycles. The van der Waals surface area contributed by atoms with E-state index in [0.29, 0.717) is 38.2 Å². The van der Waals surface area contributed by atoms with E-state index in [1.165, 1.54) is 19.4 Å². The smallest absolute Gasteiger partial charge is 0.410 e. The van der Waals surface area contributed by atoms with E-state index in [4.69, 9.17) is 27.9 Å². The van der Waals surface area contributed by atoms with Crippen molar-refractivity contribution in [2.45, 2.75) is 41.0 Å². The lowest BCUT2D eigenvalue weighted by molar-refractivity contribution is -0.109. The Morgan fingerprint density at radius 2 is 1.61 bits per heavy atom. The first-order valence-electron chi connectivity index (χ1n) is 9.68. The van der Waals surface area contributed by atoms with Gasteiger partial charge in [0, 0.05) is 12.6 Å². The Kier molecular flexibility index (Phi) is 15.2. The van der Waals surface area contributed by atoms with Crippen molar-refractivity contribution in [3.05, 3.63) is 63.0 Å². The van der Waals surface area contributed by atoms with Crippen LogP contribution in [0, 0.1) is 0 Å². The highest BCUT2D eigenvalue weighted by Crippen LogP contribution is 2.25. The molecule has 2 aromatic carbocycles. The number of hydrogen-bond acceptors (Lipinski definition) is 5. The Balaban J connectivity index is 0.00000165. The number of rotatable bonds is 5. The van der Waals surface area contributed by atoms with Crippen molar-refractivity contribution in [1.29, 1.82) is 0 Å². The highest BCUT2D eigenvalue weighted by molar-refractivity contribution is 8.17. The number of benzene rings is 2. The Hall–Kier alpha value is -2.28. The third-order valence-electron chi connectivity index (χ3n) is 2.94. The number of ether oxygens (including phenoxy) is 1. The van der Waals surface area contributed by atoms with Gasteiger partial charge in [-0.3, -0.25) is 14.9 Å². The van der Waals surface area contributed by atoms with Crippen LogP contribution in [0.1, 0.15) is 46.6 Å². The number of carbonyl (C=O) groups is 3. The Morgan fingerprint density at radius 3 is 2.10 bits per heavy atom. The standard InChI is InChI=1S/C18H13Cl2NO4S.C3H8.C2H6/c1-11(23)26-15(10-22)8-12-2-5-14(6-3-12)25-18(24)21-13-4-7-16(19)17(20)9-13;1-3-2;1-2/h2-10H,1H3,(H,21,24);3H2,1-2H3;1-2H3/b15-8-;;. The predicted octanol–water partition coefficient (Wildman–Crippen LogP) is 7.87. The van der Waals surface area contributed by atoms with Gasteiger partial charge < -0.3 is 4.74 Å². The van der Waals surface area contributed by atoms with Gasteiger partial charge in [-0.05, 0) is 53.7 Å². The van der Waals surface area contributed by atoms with Crippen LogP contribution in [-0.4, -0.2) is 17.5 Å². The molecule has 8 heteroatoms. The molecule has 0 radical (unpaired) electrons. The molecule has 31 heavy (non-hydrogen) atoms. The zero-order valence-electron chi connectivity index (χ0n) is 18.2. The van der Waals surface area contributed by atoms with E-state index < -0.39 is 6.09 Å². The fraction of sp³-hybridized carbons (Fsp3) is 0.261.